The molecular weight excluding hydrogens is 344 g/mol. The van der Waals surface area contributed by atoms with Gasteiger partial charge in [-0.1, -0.05) is 30.3 Å². The van der Waals surface area contributed by atoms with E-state index in [0.717, 1.165) is 18.8 Å². The van der Waals surface area contributed by atoms with Crippen molar-refractivity contribution in [2.75, 3.05) is 31.5 Å². The Labute approximate surface area is 158 Å². The minimum Gasteiger partial charge on any atom is -0.368 e. The summed E-state index contributed by atoms with van der Waals surface area (Å²) in [6.07, 6.45) is 1.76. The first kappa shape index (κ1) is 19.1. The number of primary amides is 1. The van der Waals surface area contributed by atoms with Gasteiger partial charge in [0, 0.05) is 39.4 Å². The number of rotatable bonds is 6. The standard InChI is InChI=1S/C19H26N6O2/c1-14-16(11-23(2)22-14)21-18(26)13-25-9-8-24(12-17(25)19(20)27)10-15-6-4-3-5-7-15/h3-7,11,17H,8-10,12-13H2,1-2H3,(H2,20,27)(H,21,26). The average molecular weight is 370 g/mol. The predicted octanol–water partition coefficient (Wildman–Crippen LogP) is 0.339. The fourth-order valence-electron chi connectivity index (χ4n) is 3.42. The number of carbonyl (C=O) groups excluding carboxylic acids is 2. The summed E-state index contributed by atoms with van der Waals surface area (Å²) in [6, 6.07) is 9.63. The molecule has 1 aromatic carbocycles. The molecule has 1 aliphatic heterocycles. The average Bonchev–Trinajstić information content (AvgIpc) is 2.94. The van der Waals surface area contributed by atoms with E-state index in [9.17, 15) is 9.59 Å². The molecule has 3 rings (SSSR count). The molecule has 2 heterocycles. The van der Waals surface area contributed by atoms with Crippen molar-refractivity contribution in [2.24, 2.45) is 12.8 Å². The first-order chi connectivity index (χ1) is 12.9. The second-order valence-corrected chi connectivity index (χ2v) is 6.96. The maximum absolute atomic E-state index is 12.4. The lowest BCUT2D eigenvalue weighted by Crippen LogP contribution is -2.59. The Morgan fingerprint density at radius 2 is 2.00 bits per heavy atom. The third-order valence-corrected chi connectivity index (χ3v) is 4.79. The molecule has 8 heteroatoms. The molecule has 0 bridgehead atoms. The molecule has 1 unspecified atom stereocenters. The lowest BCUT2D eigenvalue weighted by molar-refractivity contribution is -0.127. The summed E-state index contributed by atoms with van der Waals surface area (Å²) in [5.41, 5.74) is 8.25. The number of benzene rings is 1. The number of carbonyl (C=O) groups is 2. The van der Waals surface area contributed by atoms with Crippen LogP contribution in [0.15, 0.2) is 36.5 Å². The van der Waals surface area contributed by atoms with Gasteiger partial charge >= 0.3 is 0 Å². The van der Waals surface area contributed by atoms with Crippen molar-refractivity contribution in [1.29, 1.82) is 0 Å². The summed E-state index contributed by atoms with van der Waals surface area (Å²) >= 11 is 0. The number of hydrogen-bond acceptors (Lipinski definition) is 5. The van der Waals surface area contributed by atoms with Crippen LogP contribution < -0.4 is 11.1 Å². The van der Waals surface area contributed by atoms with Crippen molar-refractivity contribution in [3.63, 3.8) is 0 Å². The van der Waals surface area contributed by atoms with Gasteiger partial charge in [0.25, 0.3) is 0 Å². The lowest BCUT2D eigenvalue weighted by Gasteiger charge is -2.39. The van der Waals surface area contributed by atoms with Crippen molar-refractivity contribution in [1.82, 2.24) is 19.6 Å². The number of amides is 2. The van der Waals surface area contributed by atoms with Crippen LogP contribution in [0, 0.1) is 6.92 Å². The maximum Gasteiger partial charge on any atom is 0.238 e. The first-order valence-electron chi connectivity index (χ1n) is 9.02. The summed E-state index contributed by atoms with van der Waals surface area (Å²) in [5.74, 6) is -0.577. The molecule has 0 spiro atoms. The first-order valence-corrected chi connectivity index (χ1v) is 9.02. The van der Waals surface area contributed by atoms with Crippen molar-refractivity contribution < 1.29 is 9.59 Å². The second-order valence-electron chi connectivity index (χ2n) is 6.96. The van der Waals surface area contributed by atoms with Crippen LogP contribution in [0.5, 0.6) is 0 Å². The molecule has 0 aliphatic carbocycles. The Morgan fingerprint density at radius 1 is 1.26 bits per heavy atom. The maximum atomic E-state index is 12.4. The summed E-state index contributed by atoms with van der Waals surface area (Å²) in [6.45, 7) is 4.63. The summed E-state index contributed by atoms with van der Waals surface area (Å²) in [7, 11) is 1.80. The zero-order chi connectivity index (χ0) is 19.4. The van der Waals surface area contributed by atoms with Gasteiger partial charge in [-0.2, -0.15) is 5.10 Å². The van der Waals surface area contributed by atoms with Crippen LogP contribution in [0.25, 0.3) is 0 Å². The van der Waals surface area contributed by atoms with E-state index in [1.54, 1.807) is 17.9 Å². The molecule has 2 amide bonds. The van der Waals surface area contributed by atoms with E-state index in [1.807, 2.05) is 30.0 Å². The number of aryl methyl sites for hydroxylation is 2. The van der Waals surface area contributed by atoms with E-state index >= 15 is 0 Å². The third kappa shape index (κ3) is 4.93. The number of aromatic nitrogens is 2. The smallest absolute Gasteiger partial charge is 0.238 e. The molecule has 1 aliphatic rings. The summed E-state index contributed by atoms with van der Waals surface area (Å²) in [5, 5.41) is 7.07. The minimum absolute atomic E-state index is 0.126. The molecule has 0 radical (unpaired) electrons. The van der Waals surface area contributed by atoms with E-state index in [0.29, 0.717) is 18.8 Å². The number of anilines is 1. The third-order valence-electron chi connectivity index (χ3n) is 4.79. The Bertz CT molecular complexity index is 804. The van der Waals surface area contributed by atoms with Crippen molar-refractivity contribution in [3.05, 3.63) is 47.8 Å². The SMILES string of the molecule is Cc1nn(C)cc1NC(=O)CN1CCN(Cc2ccccc2)CC1C(N)=O. The van der Waals surface area contributed by atoms with Crippen molar-refractivity contribution in [3.8, 4) is 0 Å². The van der Waals surface area contributed by atoms with Crippen LogP contribution in [0.2, 0.25) is 0 Å². The molecule has 3 N–H and O–H groups in total. The fourth-order valence-corrected chi connectivity index (χ4v) is 3.42. The van der Waals surface area contributed by atoms with Gasteiger partial charge < -0.3 is 11.1 Å². The molecular formula is C19H26N6O2. The zero-order valence-corrected chi connectivity index (χ0v) is 15.8. The zero-order valence-electron chi connectivity index (χ0n) is 15.8. The molecule has 144 valence electrons. The fraction of sp³-hybridized carbons (Fsp3) is 0.421. The Hall–Kier alpha value is -2.71. The molecule has 1 fully saturated rings. The van der Waals surface area contributed by atoms with E-state index in [-0.39, 0.29) is 12.5 Å². The second kappa shape index (κ2) is 8.32. The molecule has 8 nitrogen and oxygen atoms in total. The number of nitrogens with zero attached hydrogens (tertiary/aromatic N) is 4. The van der Waals surface area contributed by atoms with E-state index in [2.05, 4.69) is 27.4 Å². The van der Waals surface area contributed by atoms with Crippen LogP contribution in [-0.4, -0.2) is 63.6 Å². The normalized spacial score (nSPS) is 18.4. The number of hydrogen-bond donors (Lipinski definition) is 2. The van der Waals surface area contributed by atoms with E-state index in [1.165, 1.54) is 5.56 Å². The van der Waals surface area contributed by atoms with Crippen LogP contribution in [-0.2, 0) is 23.2 Å². The monoisotopic (exact) mass is 370 g/mol. The van der Waals surface area contributed by atoms with E-state index in [4.69, 9.17) is 5.73 Å². The van der Waals surface area contributed by atoms with Crippen LogP contribution >= 0.6 is 0 Å². The van der Waals surface area contributed by atoms with Gasteiger partial charge in [0.1, 0.15) is 6.04 Å². The van der Waals surface area contributed by atoms with E-state index < -0.39 is 11.9 Å². The summed E-state index contributed by atoms with van der Waals surface area (Å²) in [4.78, 5) is 28.4. The molecule has 1 saturated heterocycles. The molecule has 0 saturated carbocycles. The lowest BCUT2D eigenvalue weighted by atomic mass is 10.1. The van der Waals surface area contributed by atoms with Crippen LogP contribution in [0.4, 0.5) is 5.69 Å². The highest BCUT2D eigenvalue weighted by Crippen LogP contribution is 2.15. The highest BCUT2D eigenvalue weighted by Gasteiger charge is 2.32. The number of piperazine rings is 1. The van der Waals surface area contributed by atoms with Crippen molar-refractivity contribution >= 4 is 17.5 Å². The van der Waals surface area contributed by atoms with Gasteiger partial charge in [-0.05, 0) is 12.5 Å². The molecule has 27 heavy (non-hydrogen) atoms. The van der Waals surface area contributed by atoms with Crippen molar-refractivity contribution in [2.45, 2.75) is 19.5 Å². The Morgan fingerprint density at radius 3 is 2.63 bits per heavy atom. The largest absolute Gasteiger partial charge is 0.368 e. The van der Waals surface area contributed by atoms with Gasteiger partial charge in [0.2, 0.25) is 11.8 Å². The predicted molar refractivity (Wildman–Crippen MR) is 103 cm³/mol. The topological polar surface area (TPSA) is 96.5 Å². The highest BCUT2D eigenvalue weighted by molar-refractivity contribution is 5.93. The highest BCUT2D eigenvalue weighted by atomic mass is 16.2. The number of nitrogens with one attached hydrogen (secondary N) is 1. The van der Waals surface area contributed by atoms with Crippen LogP contribution in [0.3, 0.4) is 0 Å². The van der Waals surface area contributed by atoms with Gasteiger partial charge in [-0.25, -0.2) is 0 Å². The van der Waals surface area contributed by atoms with Gasteiger partial charge in [0.15, 0.2) is 0 Å². The molecule has 1 atom stereocenters. The Balaban J connectivity index is 1.59. The number of nitrogens with two attached hydrogens (primary N) is 1. The minimum atomic E-state index is -0.483. The van der Waals surface area contributed by atoms with Crippen LogP contribution in [0.1, 0.15) is 11.3 Å². The summed E-state index contributed by atoms with van der Waals surface area (Å²) < 4.78 is 1.65. The molecule has 2 aromatic rings. The van der Waals surface area contributed by atoms with Gasteiger partial charge in [-0.15, -0.1) is 0 Å². The van der Waals surface area contributed by atoms with Gasteiger partial charge in [0.05, 0.1) is 17.9 Å². The Kier molecular flexibility index (Phi) is 5.88. The van der Waals surface area contributed by atoms with Gasteiger partial charge in [-0.3, -0.25) is 24.1 Å². The molecule has 1 aromatic heterocycles. The quantitative estimate of drug-likeness (QED) is 0.764.